The smallest absolute Gasteiger partial charge is 0.225 e. The van der Waals surface area contributed by atoms with Gasteiger partial charge in [-0.1, -0.05) is 23.7 Å². The van der Waals surface area contributed by atoms with Crippen LogP contribution in [0.15, 0.2) is 29.4 Å². The van der Waals surface area contributed by atoms with Crippen molar-refractivity contribution in [3.63, 3.8) is 0 Å². The lowest BCUT2D eigenvalue weighted by Crippen LogP contribution is -1.94. The molecular formula is C12H10ClN2OS. The third-order valence-corrected chi connectivity index (χ3v) is 2.80. The Balaban J connectivity index is 2.34. The van der Waals surface area contributed by atoms with Crippen LogP contribution < -0.4 is 4.74 Å². The van der Waals surface area contributed by atoms with Crippen molar-refractivity contribution in [3.05, 3.63) is 40.5 Å². The van der Waals surface area contributed by atoms with Crippen molar-refractivity contribution >= 4 is 24.2 Å². The van der Waals surface area contributed by atoms with E-state index in [2.05, 4.69) is 9.97 Å². The zero-order chi connectivity index (χ0) is 12.4. The molecule has 0 saturated carbocycles. The Labute approximate surface area is 110 Å². The summed E-state index contributed by atoms with van der Waals surface area (Å²) in [5.41, 5.74) is 2.22. The number of aromatic nitrogens is 2. The molecule has 0 amide bonds. The van der Waals surface area contributed by atoms with Gasteiger partial charge in [-0.2, -0.15) is 4.98 Å². The van der Waals surface area contributed by atoms with Crippen LogP contribution in [0.25, 0.3) is 0 Å². The Kier molecular flexibility index (Phi) is 3.45. The second kappa shape index (κ2) is 4.85. The predicted molar refractivity (Wildman–Crippen MR) is 68.9 cm³/mol. The summed E-state index contributed by atoms with van der Waals surface area (Å²) < 4.78 is 5.65. The Hall–Kier alpha value is -1.39. The summed E-state index contributed by atoms with van der Waals surface area (Å²) in [5, 5.41) is 0.461. The zero-order valence-electron chi connectivity index (χ0n) is 9.40. The molecule has 0 fully saturated rings. The molecule has 1 radical (unpaired) electrons. The summed E-state index contributed by atoms with van der Waals surface area (Å²) in [6, 6.07) is 7.36. The van der Waals surface area contributed by atoms with Gasteiger partial charge in [-0.15, -0.1) is 0 Å². The van der Waals surface area contributed by atoms with Gasteiger partial charge in [-0.05, 0) is 43.7 Å². The van der Waals surface area contributed by atoms with Crippen molar-refractivity contribution in [1.82, 2.24) is 9.97 Å². The average Bonchev–Trinajstić information content (AvgIpc) is 2.23. The first kappa shape index (κ1) is 12.1. The number of ether oxygens (including phenoxy) is 1. The van der Waals surface area contributed by atoms with Gasteiger partial charge in [0.1, 0.15) is 10.9 Å². The average molecular weight is 266 g/mol. The van der Waals surface area contributed by atoms with Gasteiger partial charge in [-0.3, -0.25) is 0 Å². The number of nitrogens with zero attached hydrogens (tertiary/aromatic N) is 2. The van der Waals surface area contributed by atoms with E-state index in [-0.39, 0.29) is 10.3 Å². The van der Waals surface area contributed by atoms with E-state index in [0.29, 0.717) is 5.88 Å². The van der Waals surface area contributed by atoms with Gasteiger partial charge in [0.2, 0.25) is 11.0 Å². The minimum atomic E-state index is 0.179. The summed E-state index contributed by atoms with van der Waals surface area (Å²) in [4.78, 5) is 7.80. The molecule has 0 atom stereocenters. The van der Waals surface area contributed by atoms with Gasteiger partial charge in [0.15, 0.2) is 0 Å². The number of rotatable bonds is 2. The molecule has 0 bridgehead atoms. The van der Waals surface area contributed by atoms with E-state index in [0.717, 1.165) is 16.9 Å². The molecule has 2 rings (SSSR count). The molecular weight excluding hydrogens is 256 g/mol. The molecule has 0 spiro atoms. The number of halogens is 1. The molecule has 0 N–H and O–H groups in total. The molecule has 1 heterocycles. The van der Waals surface area contributed by atoms with Gasteiger partial charge in [0, 0.05) is 6.07 Å². The highest BCUT2D eigenvalue weighted by atomic mass is 35.5. The van der Waals surface area contributed by atoms with E-state index < -0.39 is 0 Å². The second-order valence-corrected chi connectivity index (χ2v) is 4.36. The topological polar surface area (TPSA) is 35.0 Å². The number of benzene rings is 1. The third-order valence-electron chi connectivity index (χ3n) is 2.42. The van der Waals surface area contributed by atoms with E-state index in [9.17, 15) is 0 Å². The molecule has 0 aliphatic heterocycles. The molecule has 0 aliphatic carbocycles. The summed E-state index contributed by atoms with van der Waals surface area (Å²) in [6.45, 7) is 4.01. The van der Waals surface area contributed by atoms with Crippen LogP contribution in [0, 0.1) is 13.8 Å². The first-order chi connectivity index (χ1) is 8.06. The highest BCUT2D eigenvalue weighted by molar-refractivity contribution is 7.80. The fourth-order valence-corrected chi connectivity index (χ4v) is 1.79. The summed E-state index contributed by atoms with van der Waals surface area (Å²) in [5.74, 6) is 1.11. The molecule has 1 aromatic carbocycles. The van der Waals surface area contributed by atoms with Gasteiger partial charge < -0.3 is 4.74 Å². The maximum Gasteiger partial charge on any atom is 0.225 e. The first-order valence-electron chi connectivity index (χ1n) is 5.02. The predicted octanol–water partition coefficient (Wildman–Crippen LogP) is 4.10. The quantitative estimate of drug-likeness (QED) is 0.606. The molecule has 87 valence electrons. The zero-order valence-corrected chi connectivity index (χ0v) is 11.0. The van der Waals surface area contributed by atoms with Crippen molar-refractivity contribution < 1.29 is 4.74 Å². The number of hydrogen-bond acceptors (Lipinski definition) is 3. The fourth-order valence-electron chi connectivity index (χ4n) is 1.38. The molecule has 0 saturated heterocycles. The lowest BCUT2D eigenvalue weighted by atomic mass is 10.1. The lowest BCUT2D eigenvalue weighted by Gasteiger charge is -2.09. The molecule has 5 heteroatoms. The monoisotopic (exact) mass is 265 g/mol. The van der Waals surface area contributed by atoms with E-state index in [1.807, 2.05) is 32.0 Å². The van der Waals surface area contributed by atoms with Crippen LogP contribution in [0.3, 0.4) is 0 Å². The van der Waals surface area contributed by atoms with Crippen LogP contribution in [0.1, 0.15) is 11.1 Å². The molecule has 17 heavy (non-hydrogen) atoms. The molecule has 0 aliphatic rings. The van der Waals surface area contributed by atoms with Crippen molar-refractivity contribution in [2.75, 3.05) is 0 Å². The van der Waals surface area contributed by atoms with Crippen LogP contribution in [-0.2, 0) is 0 Å². The number of aryl methyl sites for hydroxylation is 1. The van der Waals surface area contributed by atoms with Crippen molar-refractivity contribution in [1.29, 1.82) is 0 Å². The summed E-state index contributed by atoms with van der Waals surface area (Å²) in [7, 11) is 0. The minimum Gasteiger partial charge on any atom is -0.439 e. The third kappa shape index (κ3) is 2.84. The van der Waals surface area contributed by atoms with Crippen LogP contribution in [-0.4, -0.2) is 9.97 Å². The lowest BCUT2D eigenvalue weighted by molar-refractivity contribution is 0.452. The van der Waals surface area contributed by atoms with Gasteiger partial charge in [-0.25, -0.2) is 4.98 Å². The summed E-state index contributed by atoms with van der Waals surface area (Å²) >= 11 is 10.7. The van der Waals surface area contributed by atoms with E-state index in [1.54, 1.807) is 6.07 Å². The first-order valence-corrected chi connectivity index (χ1v) is 5.80. The van der Waals surface area contributed by atoms with Crippen molar-refractivity contribution in [2.45, 2.75) is 19.0 Å². The Bertz CT molecular complexity index is 540. The van der Waals surface area contributed by atoms with Crippen molar-refractivity contribution in [3.8, 4) is 11.6 Å². The standard InChI is InChI=1S/C12H10ClN2OS/c1-7-4-3-5-9(8(7)2)16-11-6-10(13)14-12(17)15-11/h3-6H,1-2H3. The summed E-state index contributed by atoms with van der Waals surface area (Å²) in [6.07, 6.45) is 0. The number of hydrogen-bond donors (Lipinski definition) is 0. The molecule has 1 aromatic heterocycles. The van der Waals surface area contributed by atoms with Gasteiger partial charge in [0.05, 0.1) is 0 Å². The Morgan fingerprint density at radius 3 is 2.71 bits per heavy atom. The van der Waals surface area contributed by atoms with Gasteiger partial charge in [0.25, 0.3) is 0 Å². The highest BCUT2D eigenvalue weighted by Gasteiger charge is 2.06. The van der Waals surface area contributed by atoms with Crippen LogP contribution in [0.2, 0.25) is 5.15 Å². The SMILES string of the molecule is Cc1cccc(Oc2cc(Cl)nc([S])n2)c1C. The second-order valence-electron chi connectivity index (χ2n) is 3.61. The Morgan fingerprint density at radius 1 is 1.24 bits per heavy atom. The normalized spacial score (nSPS) is 10.3. The van der Waals surface area contributed by atoms with Crippen molar-refractivity contribution in [2.24, 2.45) is 0 Å². The van der Waals surface area contributed by atoms with Crippen LogP contribution >= 0.6 is 24.2 Å². The highest BCUT2D eigenvalue weighted by Crippen LogP contribution is 2.27. The maximum absolute atomic E-state index is 5.79. The Morgan fingerprint density at radius 2 is 2.00 bits per heavy atom. The van der Waals surface area contributed by atoms with Crippen LogP contribution in [0.4, 0.5) is 0 Å². The molecule has 2 aromatic rings. The molecule has 0 unspecified atom stereocenters. The van der Waals surface area contributed by atoms with E-state index >= 15 is 0 Å². The van der Waals surface area contributed by atoms with E-state index in [1.165, 1.54) is 0 Å². The fraction of sp³-hybridized carbons (Fsp3) is 0.167. The molecule has 3 nitrogen and oxygen atoms in total. The van der Waals surface area contributed by atoms with E-state index in [4.69, 9.17) is 29.0 Å². The van der Waals surface area contributed by atoms with Crippen LogP contribution in [0.5, 0.6) is 11.6 Å². The van der Waals surface area contributed by atoms with Gasteiger partial charge >= 0.3 is 0 Å². The maximum atomic E-state index is 5.79. The largest absolute Gasteiger partial charge is 0.439 e. The minimum absolute atomic E-state index is 0.179.